The van der Waals surface area contributed by atoms with E-state index in [1.165, 1.54) is 12.1 Å². The maximum atomic E-state index is 12.8. The van der Waals surface area contributed by atoms with Crippen LogP contribution in [0.4, 0.5) is 13.2 Å². The number of rotatable bonds is 3. The van der Waals surface area contributed by atoms with Crippen LogP contribution < -0.4 is 4.74 Å². The van der Waals surface area contributed by atoms with Crippen molar-refractivity contribution in [3.63, 3.8) is 0 Å². The first-order chi connectivity index (χ1) is 12.5. The molecule has 0 amide bonds. The van der Waals surface area contributed by atoms with Crippen molar-refractivity contribution in [1.82, 2.24) is 0 Å². The molecule has 1 aliphatic rings. The zero-order chi connectivity index (χ0) is 20.0. The predicted molar refractivity (Wildman–Crippen MR) is 95.3 cm³/mol. The molecule has 0 bridgehead atoms. The molecule has 0 fully saturated rings. The average Bonchev–Trinajstić information content (AvgIpc) is 2.58. The van der Waals surface area contributed by atoms with Gasteiger partial charge in [-0.05, 0) is 59.7 Å². The molecule has 27 heavy (non-hydrogen) atoms. The Morgan fingerprint density at radius 3 is 2.41 bits per heavy atom. The number of ether oxygens (including phenoxy) is 1. The van der Waals surface area contributed by atoms with E-state index in [1.807, 2.05) is 19.9 Å². The largest absolute Gasteiger partial charge is 0.573 e. The monoisotopic (exact) mass is 376 g/mol. The van der Waals surface area contributed by atoms with Crippen LogP contribution in [-0.4, -0.2) is 18.4 Å². The SMILES string of the molecule is Cc1cc2c(cc1-c1cc(C=O)ccc1OC(F)(F)F)C(=O)CCC2(C)C. The highest BCUT2D eigenvalue weighted by Gasteiger charge is 2.34. The van der Waals surface area contributed by atoms with E-state index in [0.29, 0.717) is 29.4 Å². The lowest BCUT2D eigenvalue weighted by molar-refractivity contribution is -0.274. The highest BCUT2D eigenvalue weighted by molar-refractivity contribution is 6.01. The maximum absolute atomic E-state index is 12.8. The molecule has 142 valence electrons. The van der Waals surface area contributed by atoms with Crippen molar-refractivity contribution >= 4 is 12.1 Å². The molecule has 0 unspecified atom stereocenters. The number of ketones is 1. The number of fused-ring (bicyclic) bond motifs is 1. The summed E-state index contributed by atoms with van der Waals surface area (Å²) in [7, 11) is 0. The second kappa shape index (κ2) is 6.51. The normalized spacial score (nSPS) is 16.0. The number of Topliss-reactive ketones (excluding diaryl/α,β-unsaturated/α-hetero) is 1. The third-order valence-corrected chi connectivity index (χ3v) is 5.03. The van der Waals surface area contributed by atoms with Crippen LogP contribution in [0.5, 0.6) is 5.75 Å². The minimum atomic E-state index is -4.86. The first kappa shape index (κ1) is 19.1. The van der Waals surface area contributed by atoms with E-state index in [9.17, 15) is 22.8 Å². The van der Waals surface area contributed by atoms with Gasteiger partial charge in [-0.2, -0.15) is 0 Å². The summed E-state index contributed by atoms with van der Waals surface area (Å²) >= 11 is 0. The van der Waals surface area contributed by atoms with Crippen molar-refractivity contribution in [2.75, 3.05) is 0 Å². The molecule has 1 aliphatic carbocycles. The van der Waals surface area contributed by atoms with Crippen molar-refractivity contribution in [3.05, 3.63) is 52.6 Å². The first-order valence-corrected chi connectivity index (χ1v) is 8.55. The van der Waals surface area contributed by atoms with E-state index < -0.39 is 12.1 Å². The van der Waals surface area contributed by atoms with Gasteiger partial charge in [0.15, 0.2) is 5.78 Å². The lowest BCUT2D eigenvalue weighted by atomic mass is 9.71. The Hall–Kier alpha value is -2.63. The van der Waals surface area contributed by atoms with Crippen molar-refractivity contribution in [1.29, 1.82) is 0 Å². The highest BCUT2D eigenvalue weighted by atomic mass is 19.4. The molecule has 2 aromatic rings. The van der Waals surface area contributed by atoms with Crippen molar-refractivity contribution in [2.24, 2.45) is 0 Å². The summed E-state index contributed by atoms with van der Waals surface area (Å²) in [4.78, 5) is 23.6. The molecule has 0 saturated heterocycles. The summed E-state index contributed by atoms with van der Waals surface area (Å²) in [5.41, 5.74) is 2.74. The Morgan fingerprint density at radius 2 is 1.78 bits per heavy atom. The van der Waals surface area contributed by atoms with Crippen LogP contribution in [0, 0.1) is 6.92 Å². The van der Waals surface area contributed by atoms with Gasteiger partial charge in [-0.15, -0.1) is 13.2 Å². The molecule has 0 aromatic heterocycles. The smallest absolute Gasteiger partial charge is 0.405 e. The molecule has 0 atom stereocenters. The van der Waals surface area contributed by atoms with Crippen LogP contribution in [0.2, 0.25) is 0 Å². The summed E-state index contributed by atoms with van der Waals surface area (Å²) in [5.74, 6) is -0.436. The lowest BCUT2D eigenvalue weighted by Gasteiger charge is -2.32. The molecule has 2 aromatic carbocycles. The predicted octanol–water partition coefficient (Wildman–Crippen LogP) is 5.63. The maximum Gasteiger partial charge on any atom is 0.573 e. The van der Waals surface area contributed by atoms with Gasteiger partial charge in [0.25, 0.3) is 0 Å². The van der Waals surface area contributed by atoms with Gasteiger partial charge >= 0.3 is 6.36 Å². The topological polar surface area (TPSA) is 43.4 Å². The van der Waals surface area contributed by atoms with Gasteiger partial charge in [0.05, 0.1) is 0 Å². The Bertz CT molecular complexity index is 927. The zero-order valence-electron chi connectivity index (χ0n) is 15.2. The average molecular weight is 376 g/mol. The van der Waals surface area contributed by atoms with E-state index in [4.69, 9.17) is 0 Å². The zero-order valence-corrected chi connectivity index (χ0v) is 15.2. The Balaban J connectivity index is 2.24. The van der Waals surface area contributed by atoms with Crippen LogP contribution in [0.1, 0.15) is 58.5 Å². The second-order valence-electron chi connectivity index (χ2n) is 7.44. The van der Waals surface area contributed by atoms with Gasteiger partial charge in [-0.25, -0.2) is 0 Å². The molecule has 0 aliphatic heterocycles. The summed E-state index contributed by atoms with van der Waals surface area (Å²) < 4.78 is 42.6. The standard InChI is InChI=1S/C21H19F3O3/c1-12-8-17-16(18(26)6-7-20(17,2)3)10-14(12)15-9-13(11-25)4-5-19(15)27-21(22,23)24/h4-5,8-11H,6-7H2,1-3H3. The third-order valence-electron chi connectivity index (χ3n) is 5.03. The van der Waals surface area contributed by atoms with Gasteiger partial charge in [0.2, 0.25) is 0 Å². The minimum absolute atomic E-state index is 0.0320. The van der Waals surface area contributed by atoms with Gasteiger partial charge in [-0.1, -0.05) is 19.9 Å². The number of hydrogen-bond donors (Lipinski definition) is 0. The van der Waals surface area contributed by atoms with Crippen LogP contribution in [0.3, 0.4) is 0 Å². The number of carbonyl (C=O) groups is 2. The van der Waals surface area contributed by atoms with E-state index in [0.717, 1.165) is 18.1 Å². The van der Waals surface area contributed by atoms with Crippen LogP contribution in [0.15, 0.2) is 30.3 Å². The van der Waals surface area contributed by atoms with Gasteiger partial charge < -0.3 is 4.74 Å². The molecule has 0 heterocycles. The molecule has 0 N–H and O–H groups in total. The minimum Gasteiger partial charge on any atom is -0.405 e. The third kappa shape index (κ3) is 3.75. The summed E-state index contributed by atoms with van der Waals surface area (Å²) in [6.07, 6.45) is -3.19. The lowest BCUT2D eigenvalue weighted by Crippen LogP contribution is -2.27. The van der Waals surface area contributed by atoms with Crippen LogP contribution in [0.25, 0.3) is 11.1 Å². The van der Waals surface area contributed by atoms with Crippen molar-refractivity contribution < 1.29 is 27.5 Å². The number of benzene rings is 2. The van der Waals surface area contributed by atoms with E-state index in [1.54, 1.807) is 13.0 Å². The van der Waals surface area contributed by atoms with Crippen molar-refractivity contribution in [3.8, 4) is 16.9 Å². The Morgan fingerprint density at radius 1 is 1.07 bits per heavy atom. The number of alkyl halides is 3. The van der Waals surface area contributed by atoms with Crippen molar-refractivity contribution in [2.45, 2.75) is 45.4 Å². The Labute approximate surface area is 155 Å². The molecule has 0 saturated carbocycles. The fourth-order valence-electron chi connectivity index (χ4n) is 3.53. The fraction of sp³-hybridized carbons (Fsp3) is 0.333. The summed E-state index contributed by atoms with van der Waals surface area (Å²) in [6.45, 7) is 5.86. The molecule has 3 rings (SSSR count). The van der Waals surface area contributed by atoms with Crippen LogP contribution >= 0.6 is 0 Å². The van der Waals surface area contributed by atoms with Gasteiger partial charge in [0.1, 0.15) is 12.0 Å². The summed E-state index contributed by atoms with van der Waals surface area (Å²) in [6, 6.07) is 7.21. The second-order valence-corrected chi connectivity index (χ2v) is 7.44. The van der Waals surface area contributed by atoms with Gasteiger partial charge in [0, 0.05) is 23.1 Å². The quantitative estimate of drug-likeness (QED) is 0.653. The van der Waals surface area contributed by atoms with Crippen LogP contribution in [-0.2, 0) is 5.41 Å². The first-order valence-electron chi connectivity index (χ1n) is 8.55. The van der Waals surface area contributed by atoms with Gasteiger partial charge in [-0.3, -0.25) is 9.59 Å². The number of carbonyl (C=O) groups excluding carboxylic acids is 2. The number of halogens is 3. The Kier molecular flexibility index (Phi) is 4.62. The molecule has 0 radical (unpaired) electrons. The summed E-state index contributed by atoms with van der Waals surface area (Å²) in [5, 5.41) is 0. The molecule has 6 heteroatoms. The van der Waals surface area contributed by atoms with E-state index in [-0.39, 0.29) is 22.3 Å². The molecular formula is C21H19F3O3. The van der Waals surface area contributed by atoms with E-state index >= 15 is 0 Å². The van der Waals surface area contributed by atoms with E-state index in [2.05, 4.69) is 4.74 Å². The molecular weight excluding hydrogens is 357 g/mol. The fourth-order valence-corrected chi connectivity index (χ4v) is 3.53. The number of aryl methyl sites for hydroxylation is 1. The molecule has 0 spiro atoms. The highest BCUT2D eigenvalue weighted by Crippen LogP contribution is 2.42. The number of aldehydes is 1. The number of hydrogen-bond acceptors (Lipinski definition) is 3. The molecule has 3 nitrogen and oxygen atoms in total.